The number of nitrogens with one attached hydrogen (secondary N) is 1. The number of carbonyl (C=O) groups is 1. The summed E-state index contributed by atoms with van der Waals surface area (Å²) in [7, 11) is 2.00. The summed E-state index contributed by atoms with van der Waals surface area (Å²) >= 11 is 0. The van der Waals surface area contributed by atoms with Gasteiger partial charge in [-0.25, -0.2) is 18.7 Å². The second-order valence-electron chi connectivity index (χ2n) is 7.39. The topological polar surface area (TPSA) is 58.1 Å². The van der Waals surface area contributed by atoms with Crippen molar-refractivity contribution in [3.8, 4) is 11.3 Å². The van der Waals surface area contributed by atoms with E-state index in [2.05, 4.69) is 20.2 Å². The molecule has 2 heterocycles. The highest BCUT2D eigenvalue weighted by Crippen LogP contribution is 2.53. The number of hydrogen-bond acceptors (Lipinski definition) is 5. The Hall–Kier alpha value is -2.41. The van der Waals surface area contributed by atoms with Gasteiger partial charge in [-0.3, -0.25) is 0 Å². The van der Waals surface area contributed by atoms with Crippen LogP contribution in [0.5, 0.6) is 0 Å². The normalized spacial score (nSPS) is 21.3. The summed E-state index contributed by atoms with van der Waals surface area (Å²) in [6.07, 6.45) is 3.91. The molecule has 2 aromatic rings. The molecule has 1 saturated carbocycles. The predicted molar refractivity (Wildman–Crippen MR) is 101 cm³/mol. The number of hydrogen-bond donors (Lipinski definition) is 1. The van der Waals surface area contributed by atoms with E-state index < -0.39 is 6.17 Å². The van der Waals surface area contributed by atoms with Gasteiger partial charge in [0.25, 0.3) is 0 Å². The summed E-state index contributed by atoms with van der Waals surface area (Å²) in [5, 5.41) is 2.92. The minimum absolute atomic E-state index is 0.134. The van der Waals surface area contributed by atoms with Crippen molar-refractivity contribution >= 4 is 12.1 Å². The van der Waals surface area contributed by atoms with E-state index in [-0.39, 0.29) is 17.3 Å². The van der Waals surface area contributed by atoms with E-state index in [0.29, 0.717) is 18.1 Å². The second-order valence-corrected chi connectivity index (χ2v) is 7.39. The molecule has 1 aliphatic carbocycles. The van der Waals surface area contributed by atoms with Gasteiger partial charge in [0.1, 0.15) is 30.4 Å². The summed E-state index contributed by atoms with van der Waals surface area (Å²) in [4.78, 5) is 20.8. The summed E-state index contributed by atoms with van der Waals surface area (Å²) in [5.41, 5.74) is 1.60. The van der Waals surface area contributed by atoms with Gasteiger partial charge in [-0.15, -0.1) is 0 Å². The van der Waals surface area contributed by atoms with Crippen molar-refractivity contribution < 1.29 is 13.6 Å². The van der Waals surface area contributed by atoms with Crippen LogP contribution in [-0.4, -0.2) is 53.5 Å². The molecule has 2 fully saturated rings. The monoisotopic (exact) mass is 374 g/mol. The maximum atomic E-state index is 13.0. The van der Waals surface area contributed by atoms with E-state index in [1.54, 1.807) is 25.1 Å². The zero-order chi connectivity index (χ0) is 19.4. The molecule has 1 N–H and O–H groups in total. The fraction of sp³-hybridized carbons (Fsp3) is 0.450. The van der Waals surface area contributed by atoms with E-state index in [9.17, 15) is 13.6 Å². The van der Waals surface area contributed by atoms with Crippen LogP contribution in [0.3, 0.4) is 0 Å². The van der Waals surface area contributed by atoms with E-state index >= 15 is 0 Å². The van der Waals surface area contributed by atoms with Gasteiger partial charge >= 0.3 is 0 Å². The highest BCUT2D eigenvalue weighted by atomic mass is 19.1. The number of benzene rings is 1. The molecule has 0 bridgehead atoms. The Morgan fingerprint density at radius 3 is 2.52 bits per heavy atom. The molecule has 1 aliphatic heterocycles. The first kappa shape index (κ1) is 19.4. The smallest absolute Gasteiger partial charge is 0.141 e. The Balaban J connectivity index is 0.000000193. The average Bonchev–Trinajstić information content (AvgIpc) is 3.37. The van der Waals surface area contributed by atoms with E-state index in [1.165, 1.54) is 18.5 Å². The van der Waals surface area contributed by atoms with Crippen LogP contribution in [0, 0.1) is 11.2 Å². The van der Waals surface area contributed by atoms with Gasteiger partial charge in [0, 0.05) is 30.1 Å². The number of rotatable bonds is 4. The summed E-state index contributed by atoms with van der Waals surface area (Å²) in [5.74, 6) is 0.268. The molecule has 1 unspecified atom stereocenters. The van der Waals surface area contributed by atoms with Gasteiger partial charge in [-0.1, -0.05) is 0 Å². The van der Waals surface area contributed by atoms with E-state index in [4.69, 9.17) is 0 Å². The first-order valence-electron chi connectivity index (χ1n) is 9.04. The number of alkyl halides is 1. The average molecular weight is 374 g/mol. The van der Waals surface area contributed by atoms with Gasteiger partial charge < -0.3 is 15.0 Å². The third-order valence-electron chi connectivity index (χ3n) is 5.00. The van der Waals surface area contributed by atoms with Crippen molar-refractivity contribution in [2.75, 3.05) is 25.5 Å². The molecule has 7 heteroatoms. The van der Waals surface area contributed by atoms with Crippen LogP contribution < -0.4 is 5.32 Å². The molecular formula is C20H24F2N4O. The van der Waals surface area contributed by atoms with Crippen molar-refractivity contribution in [3.63, 3.8) is 0 Å². The molecule has 0 amide bonds. The van der Waals surface area contributed by atoms with Gasteiger partial charge in [0.15, 0.2) is 0 Å². The number of aldehydes is 1. The van der Waals surface area contributed by atoms with Crippen LogP contribution in [-0.2, 0) is 4.79 Å². The van der Waals surface area contributed by atoms with Gasteiger partial charge in [0.2, 0.25) is 0 Å². The highest BCUT2D eigenvalue weighted by Gasteiger charge is 2.54. The van der Waals surface area contributed by atoms with Crippen LogP contribution in [0.4, 0.5) is 14.6 Å². The molecule has 2 atom stereocenters. The Morgan fingerprint density at radius 2 is 2.00 bits per heavy atom. The van der Waals surface area contributed by atoms with Gasteiger partial charge in [-0.2, -0.15) is 0 Å². The largest absolute Gasteiger partial charge is 0.361 e. The van der Waals surface area contributed by atoms with Crippen LogP contribution in [0.25, 0.3) is 11.3 Å². The van der Waals surface area contributed by atoms with Crippen LogP contribution >= 0.6 is 0 Å². The minimum atomic E-state index is -0.525. The summed E-state index contributed by atoms with van der Waals surface area (Å²) in [6, 6.07) is 7.43. The molecule has 5 nitrogen and oxygen atoms in total. The van der Waals surface area contributed by atoms with Gasteiger partial charge in [-0.05, 0) is 51.1 Å². The Bertz CT molecular complexity index is 780. The predicted octanol–water partition coefficient (Wildman–Crippen LogP) is 3.33. The molecule has 4 rings (SSSR count). The number of anilines is 1. The molecule has 27 heavy (non-hydrogen) atoms. The van der Waals surface area contributed by atoms with Crippen LogP contribution in [0.2, 0.25) is 0 Å². The van der Waals surface area contributed by atoms with E-state index in [1.807, 2.05) is 7.05 Å². The molecule has 2 aliphatic rings. The minimum Gasteiger partial charge on any atom is -0.361 e. The van der Waals surface area contributed by atoms with Crippen molar-refractivity contribution in [3.05, 3.63) is 42.5 Å². The van der Waals surface area contributed by atoms with Crippen molar-refractivity contribution in [1.29, 1.82) is 0 Å². The van der Waals surface area contributed by atoms with Gasteiger partial charge in [0.05, 0.1) is 11.7 Å². The summed E-state index contributed by atoms with van der Waals surface area (Å²) in [6.45, 7) is 3.39. The number of halogens is 2. The maximum Gasteiger partial charge on any atom is 0.141 e. The number of carbonyl (C=O) groups excluding carboxylic acids is 1. The van der Waals surface area contributed by atoms with Crippen LogP contribution in [0.1, 0.15) is 19.8 Å². The Kier molecular flexibility index (Phi) is 5.79. The lowest BCUT2D eigenvalue weighted by Crippen LogP contribution is -2.17. The zero-order valence-corrected chi connectivity index (χ0v) is 15.5. The SMILES string of the molecule is CN1CC(F)C2(CC2)C1.C[C@H](C=O)Nc1cc(-c2ccc(F)cc2)ncn1. The molecule has 1 aromatic carbocycles. The van der Waals surface area contributed by atoms with Crippen molar-refractivity contribution in [2.24, 2.45) is 5.41 Å². The fourth-order valence-corrected chi connectivity index (χ4v) is 3.28. The fourth-order valence-electron chi connectivity index (χ4n) is 3.28. The second kappa shape index (κ2) is 8.08. The molecule has 1 aromatic heterocycles. The first-order valence-corrected chi connectivity index (χ1v) is 9.04. The Labute approximate surface area is 157 Å². The number of aromatic nitrogens is 2. The third-order valence-corrected chi connectivity index (χ3v) is 5.00. The molecule has 0 radical (unpaired) electrons. The lowest BCUT2D eigenvalue weighted by Gasteiger charge is -2.08. The first-order chi connectivity index (χ1) is 12.9. The van der Waals surface area contributed by atoms with Crippen molar-refractivity contribution in [2.45, 2.75) is 32.0 Å². The molecule has 1 saturated heterocycles. The van der Waals surface area contributed by atoms with Crippen molar-refractivity contribution in [1.82, 2.24) is 14.9 Å². The van der Waals surface area contributed by atoms with Crippen LogP contribution in [0.15, 0.2) is 36.7 Å². The highest BCUT2D eigenvalue weighted by molar-refractivity contribution is 5.66. The summed E-state index contributed by atoms with van der Waals surface area (Å²) < 4.78 is 25.8. The molecule has 1 spiro atoms. The lowest BCUT2D eigenvalue weighted by molar-refractivity contribution is -0.108. The zero-order valence-electron chi connectivity index (χ0n) is 15.5. The third kappa shape index (κ3) is 4.86. The lowest BCUT2D eigenvalue weighted by atomic mass is 10.1. The number of likely N-dealkylation sites (tertiary alicyclic amines) is 1. The molecule has 144 valence electrons. The Morgan fingerprint density at radius 1 is 1.30 bits per heavy atom. The maximum absolute atomic E-state index is 13.0. The standard InChI is InChI=1S/C13H12FN3O.C7H12FN/c1-9(7-18)17-13-6-12(15-8-16-13)10-2-4-11(14)5-3-10;1-9-4-6(8)7(5-9)2-3-7/h2-9H,1H3,(H,15,16,17);6H,2-5H2,1H3/t9-;/m1./s1. The molecular weight excluding hydrogens is 350 g/mol. The van der Waals surface area contributed by atoms with E-state index in [0.717, 1.165) is 31.2 Å². The number of nitrogens with zero attached hydrogens (tertiary/aromatic N) is 3. The quantitative estimate of drug-likeness (QED) is 0.832.